The molecule has 142 valence electrons. The number of amides is 2. The molecule has 27 heavy (non-hydrogen) atoms. The SMILES string of the molecule is CC(=O)N1CCN(c2ccc(C(=O)Nc3c(C)cc(C)cc3C)nc2)CC1. The van der Waals surface area contributed by atoms with E-state index in [4.69, 9.17) is 0 Å². The van der Waals surface area contributed by atoms with Gasteiger partial charge < -0.3 is 15.1 Å². The van der Waals surface area contributed by atoms with Crippen molar-refractivity contribution in [2.45, 2.75) is 27.7 Å². The summed E-state index contributed by atoms with van der Waals surface area (Å²) in [6.45, 7) is 10.6. The van der Waals surface area contributed by atoms with E-state index in [9.17, 15) is 9.59 Å². The zero-order chi connectivity index (χ0) is 19.6. The highest BCUT2D eigenvalue weighted by Crippen LogP contribution is 2.23. The fraction of sp³-hybridized carbons (Fsp3) is 0.381. The van der Waals surface area contributed by atoms with Gasteiger partial charge in [-0.3, -0.25) is 9.59 Å². The van der Waals surface area contributed by atoms with E-state index in [1.54, 1.807) is 19.2 Å². The first-order valence-corrected chi connectivity index (χ1v) is 9.21. The smallest absolute Gasteiger partial charge is 0.274 e. The molecule has 2 heterocycles. The van der Waals surface area contributed by atoms with E-state index >= 15 is 0 Å². The number of piperazine rings is 1. The number of nitrogens with zero attached hydrogens (tertiary/aromatic N) is 3. The van der Waals surface area contributed by atoms with E-state index in [-0.39, 0.29) is 11.8 Å². The van der Waals surface area contributed by atoms with Crippen molar-refractivity contribution in [2.24, 2.45) is 0 Å². The van der Waals surface area contributed by atoms with Crippen molar-refractivity contribution in [1.82, 2.24) is 9.88 Å². The van der Waals surface area contributed by atoms with E-state index in [1.807, 2.05) is 31.7 Å². The van der Waals surface area contributed by atoms with Gasteiger partial charge in [0.2, 0.25) is 5.91 Å². The van der Waals surface area contributed by atoms with Crippen molar-refractivity contribution >= 4 is 23.2 Å². The molecule has 2 amide bonds. The van der Waals surface area contributed by atoms with Gasteiger partial charge >= 0.3 is 0 Å². The highest BCUT2D eigenvalue weighted by atomic mass is 16.2. The Hall–Kier alpha value is -2.89. The average Bonchev–Trinajstić information content (AvgIpc) is 2.64. The molecule has 1 aromatic heterocycles. The maximum Gasteiger partial charge on any atom is 0.274 e. The van der Waals surface area contributed by atoms with Crippen LogP contribution >= 0.6 is 0 Å². The number of pyridine rings is 1. The Balaban J connectivity index is 1.67. The first-order valence-electron chi connectivity index (χ1n) is 9.21. The minimum atomic E-state index is -0.210. The first kappa shape index (κ1) is 18.9. The van der Waals surface area contributed by atoms with Gasteiger partial charge in [0, 0.05) is 38.8 Å². The van der Waals surface area contributed by atoms with Gasteiger partial charge in [-0.2, -0.15) is 0 Å². The number of rotatable bonds is 3. The summed E-state index contributed by atoms with van der Waals surface area (Å²) in [7, 11) is 0. The van der Waals surface area contributed by atoms with Gasteiger partial charge in [0.1, 0.15) is 5.69 Å². The molecule has 0 unspecified atom stereocenters. The van der Waals surface area contributed by atoms with Crippen LogP contribution in [0.2, 0.25) is 0 Å². The molecule has 1 aliphatic rings. The molecule has 0 saturated carbocycles. The number of hydrogen-bond acceptors (Lipinski definition) is 4. The fourth-order valence-electron chi connectivity index (χ4n) is 3.54. The highest BCUT2D eigenvalue weighted by molar-refractivity contribution is 6.03. The lowest BCUT2D eigenvalue weighted by molar-refractivity contribution is -0.129. The van der Waals surface area contributed by atoms with Crippen LogP contribution in [0.15, 0.2) is 30.5 Å². The van der Waals surface area contributed by atoms with Crippen LogP contribution in [0.4, 0.5) is 11.4 Å². The molecule has 1 aliphatic heterocycles. The molecule has 1 fully saturated rings. The molecule has 0 spiro atoms. The normalized spacial score (nSPS) is 14.2. The van der Waals surface area contributed by atoms with Crippen molar-refractivity contribution in [1.29, 1.82) is 0 Å². The van der Waals surface area contributed by atoms with Crippen molar-refractivity contribution in [3.8, 4) is 0 Å². The zero-order valence-corrected chi connectivity index (χ0v) is 16.4. The van der Waals surface area contributed by atoms with Crippen LogP contribution in [0.5, 0.6) is 0 Å². The van der Waals surface area contributed by atoms with E-state index < -0.39 is 0 Å². The van der Waals surface area contributed by atoms with Crippen LogP contribution in [0.25, 0.3) is 0 Å². The maximum atomic E-state index is 12.6. The monoisotopic (exact) mass is 366 g/mol. The lowest BCUT2D eigenvalue weighted by Gasteiger charge is -2.35. The lowest BCUT2D eigenvalue weighted by Crippen LogP contribution is -2.48. The molecule has 1 N–H and O–H groups in total. The zero-order valence-electron chi connectivity index (χ0n) is 16.4. The van der Waals surface area contributed by atoms with Gasteiger partial charge in [-0.25, -0.2) is 4.98 Å². The van der Waals surface area contributed by atoms with Gasteiger partial charge in [0.25, 0.3) is 5.91 Å². The van der Waals surface area contributed by atoms with Crippen LogP contribution in [-0.2, 0) is 4.79 Å². The van der Waals surface area contributed by atoms with Crippen LogP contribution in [-0.4, -0.2) is 47.9 Å². The van der Waals surface area contributed by atoms with Gasteiger partial charge in [-0.15, -0.1) is 0 Å². The molecular formula is C21H26N4O2. The van der Waals surface area contributed by atoms with Gasteiger partial charge in [-0.05, 0) is 44.0 Å². The Morgan fingerprint density at radius 1 is 1.00 bits per heavy atom. The van der Waals surface area contributed by atoms with Gasteiger partial charge in [0.15, 0.2) is 0 Å². The summed E-state index contributed by atoms with van der Waals surface area (Å²) in [6.07, 6.45) is 1.73. The lowest BCUT2D eigenvalue weighted by atomic mass is 10.0. The van der Waals surface area contributed by atoms with Crippen molar-refractivity contribution in [2.75, 3.05) is 36.4 Å². The molecular weight excluding hydrogens is 340 g/mol. The first-order chi connectivity index (χ1) is 12.8. The van der Waals surface area contributed by atoms with Gasteiger partial charge in [-0.1, -0.05) is 17.7 Å². The van der Waals surface area contributed by atoms with Gasteiger partial charge in [0.05, 0.1) is 11.9 Å². The van der Waals surface area contributed by atoms with Crippen molar-refractivity contribution in [3.63, 3.8) is 0 Å². The second kappa shape index (κ2) is 7.78. The van der Waals surface area contributed by atoms with E-state index in [2.05, 4.69) is 27.3 Å². The van der Waals surface area contributed by atoms with E-state index in [1.165, 1.54) is 5.56 Å². The maximum absolute atomic E-state index is 12.6. The fourth-order valence-corrected chi connectivity index (χ4v) is 3.54. The molecule has 1 saturated heterocycles. The number of aromatic nitrogens is 1. The quantitative estimate of drug-likeness (QED) is 0.907. The number of carbonyl (C=O) groups is 2. The standard InChI is InChI=1S/C21H26N4O2/c1-14-11-15(2)20(16(3)12-14)23-21(27)19-6-5-18(13-22-19)25-9-7-24(8-10-25)17(4)26/h5-6,11-13H,7-10H2,1-4H3,(H,23,27). The minimum absolute atomic E-state index is 0.112. The summed E-state index contributed by atoms with van der Waals surface area (Å²) in [4.78, 5) is 32.4. The molecule has 0 radical (unpaired) electrons. The van der Waals surface area contributed by atoms with Crippen LogP contribution in [0.3, 0.4) is 0 Å². The summed E-state index contributed by atoms with van der Waals surface area (Å²) in [5, 5.41) is 2.98. The molecule has 2 aromatic rings. The number of anilines is 2. The Morgan fingerprint density at radius 2 is 1.63 bits per heavy atom. The van der Waals surface area contributed by atoms with E-state index in [0.717, 1.165) is 35.6 Å². The topological polar surface area (TPSA) is 65.5 Å². The second-order valence-electron chi connectivity index (χ2n) is 7.12. The Labute approximate surface area is 160 Å². The third-order valence-corrected chi connectivity index (χ3v) is 4.99. The molecule has 6 nitrogen and oxygen atoms in total. The average molecular weight is 366 g/mol. The molecule has 1 aromatic carbocycles. The van der Waals surface area contributed by atoms with Crippen molar-refractivity contribution < 1.29 is 9.59 Å². The predicted octanol–water partition coefficient (Wildman–Crippen LogP) is 2.93. The molecule has 0 atom stereocenters. The number of carbonyl (C=O) groups excluding carboxylic acids is 2. The summed E-state index contributed by atoms with van der Waals surface area (Å²) >= 11 is 0. The van der Waals surface area contributed by atoms with Crippen LogP contribution in [0.1, 0.15) is 34.1 Å². The predicted molar refractivity (Wildman–Crippen MR) is 107 cm³/mol. The molecule has 6 heteroatoms. The Bertz CT molecular complexity index is 830. The largest absolute Gasteiger partial charge is 0.367 e. The number of hydrogen-bond donors (Lipinski definition) is 1. The summed E-state index contributed by atoms with van der Waals surface area (Å²) < 4.78 is 0. The Kier molecular flexibility index (Phi) is 5.44. The molecule has 0 aliphatic carbocycles. The minimum Gasteiger partial charge on any atom is -0.367 e. The summed E-state index contributed by atoms with van der Waals surface area (Å²) in [6, 6.07) is 7.78. The number of benzene rings is 1. The number of nitrogens with one attached hydrogen (secondary N) is 1. The van der Waals surface area contributed by atoms with Crippen LogP contribution < -0.4 is 10.2 Å². The number of aryl methyl sites for hydroxylation is 3. The third kappa shape index (κ3) is 4.27. The van der Waals surface area contributed by atoms with E-state index in [0.29, 0.717) is 18.8 Å². The molecule has 3 rings (SSSR count). The van der Waals surface area contributed by atoms with Crippen LogP contribution in [0, 0.1) is 20.8 Å². The highest BCUT2D eigenvalue weighted by Gasteiger charge is 2.19. The Morgan fingerprint density at radius 3 is 2.15 bits per heavy atom. The summed E-state index contributed by atoms with van der Waals surface area (Å²) in [5.41, 5.74) is 5.46. The molecule has 0 bridgehead atoms. The third-order valence-electron chi connectivity index (χ3n) is 4.99. The van der Waals surface area contributed by atoms with Crippen molar-refractivity contribution in [3.05, 3.63) is 52.8 Å². The second-order valence-corrected chi connectivity index (χ2v) is 7.12. The summed E-state index contributed by atoms with van der Waals surface area (Å²) in [5.74, 6) is -0.0977.